The molecule has 0 radical (unpaired) electrons. The second kappa shape index (κ2) is 11.8. The van der Waals surface area contributed by atoms with Crippen molar-refractivity contribution in [3.8, 4) is 5.88 Å². The molecule has 41 heavy (non-hydrogen) atoms. The van der Waals surface area contributed by atoms with Crippen LogP contribution in [0.15, 0.2) is 30.6 Å². The molecular weight excluding hydrogens is 621 g/mol. The number of rotatable bonds is 12. The van der Waals surface area contributed by atoms with Gasteiger partial charge in [-0.25, -0.2) is 18.7 Å². The van der Waals surface area contributed by atoms with Gasteiger partial charge in [0.15, 0.2) is 11.2 Å². The third-order valence-corrected chi connectivity index (χ3v) is 9.09. The minimum Gasteiger partial charge on any atom is -0.471 e. The van der Waals surface area contributed by atoms with Crippen molar-refractivity contribution in [2.24, 2.45) is 0 Å². The number of para-hydroxylation sites is 1. The molecule has 1 aliphatic heterocycles. The number of hydrogen-bond acceptors (Lipinski definition) is 15. The number of phosphoric ester groups is 1. The van der Waals surface area contributed by atoms with Crippen LogP contribution in [-0.2, 0) is 38.2 Å². The van der Waals surface area contributed by atoms with Gasteiger partial charge in [-0.05, 0) is 6.07 Å². The molecule has 0 saturated carbocycles. The fourth-order valence-corrected chi connectivity index (χ4v) is 6.71. The number of nitrogens with two attached hydrogens (primary N) is 1. The molecule has 1 aliphatic rings. The Labute approximate surface area is 228 Å². The second-order valence-electron chi connectivity index (χ2n) is 8.20. The number of phosphoric acid groups is 3. The van der Waals surface area contributed by atoms with E-state index in [1.54, 1.807) is 6.07 Å². The molecule has 1 fully saturated rings. The molecule has 3 aromatic rings. The minimum absolute atomic E-state index is 0.0841. The summed E-state index contributed by atoms with van der Waals surface area (Å²) in [5.74, 6) is -0.355. The van der Waals surface area contributed by atoms with Gasteiger partial charge in [0.2, 0.25) is 11.8 Å². The van der Waals surface area contributed by atoms with Crippen molar-refractivity contribution in [1.82, 2.24) is 19.5 Å². The first-order valence-corrected chi connectivity index (χ1v) is 15.5. The Hall–Kier alpha value is -2.90. The number of imidazole rings is 1. The van der Waals surface area contributed by atoms with E-state index in [0.29, 0.717) is 0 Å². The molecule has 24 heteroatoms. The number of aliphatic hydroxyl groups excluding tert-OH is 1. The van der Waals surface area contributed by atoms with Crippen LogP contribution in [0.1, 0.15) is 18.2 Å². The zero-order valence-electron chi connectivity index (χ0n) is 20.2. The number of aromatic nitrogens is 4. The number of nitro benzene ring substituents is 1. The van der Waals surface area contributed by atoms with E-state index >= 15 is 0 Å². The highest BCUT2D eigenvalue weighted by Crippen LogP contribution is 2.66. The molecular formula is C17H21N6O15P3. The van der Waals surface area contributed by atoms with Crippen LogP contribution in [-0.4, -0.2) is 67.9 Å². The second-order valence-corrected chi connectivity index (χ2v) is 12.6. The number of nitrogen functional groups attached to an aromatic ring is 1. The summed E-state index contributed by atoms with van der Waals surface area (Å²) in [7, 11) is -16.7. The van der Waals surface area contributed by atoms with Crippen molar-refractivity contribution in [2.45, 2.75) is 31.5 Å². The van der Waals surface area contributed by atoms with Gasteiger partial charge in [0.1, 0.15) is 18.9 Å². The van der Waals surface area contributed by atoms with Crippen LogP contribution in [0, 0.1) is 10.1 Å². The number of fused-ring (bicyclic) bond motifs is 1. The average molecular weight is 642 g/mol. The monoisotopic (exact) mass is 642 g/mol. The molecule has 21 nitrogen and oxygen atoms in total. The maximum Gasteiger partial charge on any atom is 0.490 e. The Morgan fingerprint density at radius 2 is 1.83 bits per heavy atom. The number of nitrogens with zero attached hydrogens (tertiary/aromatic N) is 5. The SMILES string of the molecule is Nc1nc(OCc2ccccc2[N+](=O)[O-])c2ncn([C@H]3CC(O)[C@@H](COP(=O)(O)OP(=O)(O)OP(=O)(O)O)O3)c2n1. The fraction of sp³-hybridized carbons (Fsp3) is 0.353. The summed E-state index contributed by atoms with van der Waals surface area (Å²) in [5.41, 5.74) is 6.05. The Bertz CT molecular complexity index is 1600. The first-order valence-electron chi connectivity index (χ1n) is 11.0. The van der Waals surface area contributed by atoms with Crippen molar-refractivity contribution in [3.05, 3.63) is 46.3 Å². The molecule has 4 rings (SSSR count). The summed E-state index contributed by atoms with van der Waals surface area (Å²) in [6.07, 6.45) is -2.51. The largest absolute Gasteiger partial charge is 0.490 e. The standard InChI is InChI=1S/C17H21N6O15P3/c18-17-20-15-14(16(21-17)34-6-9-3-1-2-4-10(9)23(25)26)19-8-22(15)13-5-11(24)12(36-13)7-35-40(30,31)38-41(32,33)37-39(27,28)29/h1-4,8,11-13,24H,5-7H2,(H,30,31)(H,32,33)(H2,18,20,21)(H2,27,28,29)/t11?,12-,13-/m1/s1. The van der Waals surface area contributed by atoms with Crippen LogP contribution in [0.3, 0.4) is 0 Å². The zero-order chi connectivity index (χ0) is 30.2. The van der Waals surface area contributed by atoms with Gasteiger partial charge in [-0.1, -0.05) is 12.1 Å². The molecule has 3 heterocycles. The van der Waals surface area contributed by atoms with E-state index in [9.17, 15) is 38.7 Å². The van der Waals surface area contributed by atoms with Gasteiger partial charge in [-0.3, -0.25) is 19.2 Å². The topological polar surface area (TPSA) is 311 Å². The Balaban J connectivity index is 1.46. The van der Waals surface area contributed by atoms with Crippen molar-refractivity contribution in [3.63, 3.8) is 0 Å². The third-order valence-electron chi connectivity index (χ3n) is 5.29. The molecule has 0 amide bonds. The number of ether oxygens (including phenoxy) is 2. The lowest BCUT2D eigenvalue weighted by atomic mass is 10.2. The van der Waals surface area contributed by atoms with Crippen LogP contribution in [0.2, 0.25) is 0 Å². The van der Waals surface area contributed by atoms with E-state index in [1.807, 2.05) is 0 Å². The maximum atomic E-state index is 12.0. The van der Waals surface area contributed by atoms with Crippen molar-refractivity contribution < 1.29 is 65.9 Å². The van der Waals surface area contributed by atoms with Crippen LogP contribution < -0.4 is 10.5 Å². The van der Waals surface area contributed by atoms with E-state index in [0.717, 1.165) is 0 Å². The first kappa shape index (κ1) is 31.0. The lowest BCUT2D eigenvalue weighted by Gasteiger charge is -2.19. The van der Waals surface area contributed by atoms with Crippen molar-refractivity contribution >= 4 is 46.3 Å². The Kier molecular flexibility index (Phi) is 8.91. The van der Waals surface area contributed by atoms with E-state index in [2.05, 4.69) is 28.1 Å². The number of aliphatic hydroxyl groups is 1. The fourth-order valence-electron chi connectivity index (χ4n) is 3.68. The van der Waals surface area contributed by atoms with Gasteiger partial charge >= 0.3 is 23.5 Å². The molecule has 0 spiro atoms. The third kappa shape index (κ3) is 7.89. The van der Waals surface area contributed by atoms with Crippen LogP contribution in [0.5, 0.6) is 5.88 Å². The lowest BCUT2D eigenvalue weighted by molar-refractivity contribution is -0.385. The van der Waals surface area contributed by atoms with E-state index in [-0.39, 0.29) is 47.3 Å². The summed E-state index contributed by atoms with van der Waals surface area (Å²) in [4.78, 5) is 59.0. The quantitative estimate of drug-likeness (QED) is 0.0907. The molecule has 5 atom stereocenters. The predicted octanol–water partition coefficient (Wildman–Crippen LogP) is 0.887. The molecule has 0 bridgehead atoms. The highest BCUT2D eigenvalue weighted by atomic mass is 31.3. The maximum absolute atomic E-state index is 12.0. The van der Waals surface area contributed by atoms with E-state index in [1.165, 1.54) is 29.1 Å². The highest BCUT2D eigenvalue weighted by molar-refractivity contribution is 7.66. The first-order chi connectivity index (χ1) is 19.0. The van der Waals surface area contributed by atoms with Gasteiger partial charge in [0.05, 0.1) is 29.5 Å². The molecule has 1 aromatic carbocycles. The summed E-state index contributed by atoms with van der Waals surface area (Å²) < 4.78 is 58.6. The van der Waals surface area contributed by atoms with Gasteiger partial charge in [-0.2, -0.15) is 18.6 Å². The molecule has 2 aromatic heterocycles. The van der Waals surface area contributed by atoms with Gasteiger partial charge in [-0.15, -0.1) is 0 Å². The normalized spacial score (nSPS) is 22.3. The summed E-state index contributed by atoms with van der Waals surface area (Å²) in [6, 6.07) is 5.89. The number of benzene rings is 1. The zero-order valence-corrected chi connectivity index (χ0v) is 22.9. The van der Waals surface area contributed by atoms with Gasteiger partial charge in [0.25, 0.3) is 5.69 Å². The number of hydrogen-bond donors (Lipinski definition) is 6. The Morgan fingerprint density at radius 1 is 1.12 bits per heavy atom. The van der Waals surface area contributed by atoms with E-state index in [4.69, 9.17) is 25.0 Å². The lowest BCUT2D eigenvalue weighted by Crippen LogP contribution is -2.26. The summed E-state index contributed by atoms with van der Waals surface area (Å²) >= 11 is 0. The van der Waals surface area contributed by atoms with Crippen LogP contribution >= 0.6 is 23.5 Å². The molecule has 0 aliphatic carbocycles. The number of anilines is 1. The van der Waals surface area contributed by atoms with Gasteiger partial charge in [0, 0.05) is 12.5 Å². The molecule has 7 N–H and O–H groups in total. The predicted molar refractivity (Wildman–Crippen MR) is 132 cm³/mol. The summed E-state index contributed by atoms with van der Waals surface area (Å²) in [6.45, 7) is -1.13. The van der Waals surface area contributed by atoms with Crippen molar-refractivity contribution in [2.75, 3.05) is 12.3 Å². The number of nitro groups is 1. The minimum atomic E-state index is -5.72. The Morgan fingerprint density at radius 3 is 2.51 bits per heavy atom. The smallest absolute Gasteiger partial charge is 0.471 e. The van der Waals surface area contributed by atoms with E-state index < -0.39 is 53.4 Å². The van der Waals surface area contributed by atoms with Crippen molar-refractivity contribution in [1.29, 1.82) is 0 Å². The average Bonchev–Trinajstić information content (AvgIpc) is 3.42. The van der Waals surface area contributed by atoms with Crippen LogP contribution in [0.25, 0.3) is 11.2 Å². The molecule has 1 saturated heterocycles. The highest BCUT2D eigenvalue weighted by Gasteiger charge is 2.43. The molecule has 3 unspecified atom stereocenters. The molecule has 224 valence electrons. The summed E-state index contributed by atoms with van der Waals surface area (Å²) in [5, 5.41) is 21.6. The van der Waals surface area contributed by atoms with Gasteiger partial charge < -0.3 is 39.9 Å². The van der Waals surface area contributed by atoms with Crippen LogP contribution in [0.4, 0.5) is 11.6 Å².